The van der Waals surface area contributed by atoms with Gasteiger partial charge in [0.1, 0.15) is 0 Å². The zero-order valence-corrected chi connectivity index (χ0v) is 13.3. The van der Waals surface area contributed by atoms with Gasteiger partial charge in [-0.05, 0) is 42.3 Å². The molecule has 3 aromatic rings. The summed E-state index contributed by atoms with van der Waals surface area (Å²) in [5, 5.41) is 0. The first-order valence-corrected chi connectivity index (χ1v) is 8.44. The van der Waals surface area contributed by atoms with Gasteiger partial charge in [0.15, 0.2) is 0 Å². The van der Waals surface area contributed by atoms with Gasteiger partial charge in [0.2, 0.25) is 0 Å². The average molecular weight is 303 g/mol. The average Bonchev–Trinajstić information content (AvgIpc) is 2.60. The Morgan fingerprint density at radius 3 is 2.32 bits per heavy atom. The number of rotatable bonds is 2. The van der Waals surface area contributed by atoms with Crippen molar-refractivity contribution in [1.29, 1.82) is 0 Å². The van der Waals surface area contributed by atoms with Crippen LogP contribution in [0.2, 0.25) is 0 Å². The van der Waals surface area contributed by atoms with E-state index < -0.39 is 0 Å². The molecule has 0 unspecified atom stereocenters. The van der Waals surface area contributed by atoms with E-state index in [1.807, 2.05) is 11.8 Å². The smallest absolute Gasteiger partial charge is 0.0604 e. The number of nitrogens with zero attached hydrogens (tertiary/aromatic N) is 1. The summed E-state index contributed by atoms with van der Waals surface area (Å²) in [6, 6.07) is 25.9. The minimum absolute atomic E-state index is 1.06. The van der Waals surface area contributed by atoms with Crippen LogP contribution in [0.3, 0.4) is 0 Å². The molecule has 0 radical (unpaired) electrons. The molecule has 0 saturated carbocycles. The van der Waals surface area contributed by atoms with Gasteiger partial charge in [-0.15, -0.1) is 0 Å². The van der Waals surface area contributed by atoms with Gasteiger partial charge in [-0.1, -0.05) is 61.2 Å². The largest absolute Gasteiger partial charge is 0.308 e. The predicted octanol–water partition coefficient (Wildman–Crippen LogP) is 6.18. The Morgan fingerprint density at radius 2 is 1.50 bits per heavy atom. The second-order valence-corrected chi connectivity index (χ2v) is 6.41. The van der Waals surface area contributed by atoms with Gasteiger partial charge < -0.3 is 4.90 Å². The first kappa shape index (κ1) is 13.5. The Morgan fingerprint density at radius 1 is 0.773 bits per heavy atom. The van der Waals surface area contributed by atoms with E-state index in [-0.39, 0.29) is 0 Å². The molecule has 1 aliphatic rings. The second-order valence-electron chi connectivity index (χ2n) is 5.36. The molecule has 1 heterocycles. The molecule has 0 saturated heterocycles. The number of para-hydroxylation sites is 2. The zero-order valence-electron chi connectivity index (χ0n) is 12.5. The van der Waals surface area contributed by atoms with E-state index in [1.165, 1.54) is 32.4 Å². The van der Waals surface area contributed by atoms with Crippen molar-refractivity contribution >= 4 is 28.8 Å². The highest BCUT2D eigenvalue weighted by molar-refractivity contribution is 7.99. The normalized spacial score (nSPS) is 12.7. The number of benzene rings is 3. The van der Waals surface area contributed by atoms with Crippen LogP contribution in [-0.2, 0) is 6.42 Å². The fraction of sp³-hybridized carbons (Fsp3) is 0.100. The number of fused-ring (bicyclic) bond motifs is 2. The molecule has 1 nitrogen and oxygen atoms in total. The van der Waals surface area contributed by atoms with Crippen LogP contribution >= 0.6 is 11.8 Å². The highest BCUT2D eigenvalue weighted by atomic mass is 32.2. The standard InChI is InChI=1S/C20H17NS/c1-2-15-9-8-13-18-20(15)22-19-14-7-6-12-17(19)21(18)16-10-4-3-5-11-16/h3-14H,2H2,1H3. The molecule has 22 heavy (non-hydrogen) atoms. The molecule has 0 bridgehead atoms. The number of hydrogen-bond acceptors (Lipinski definition) is 2. The third kappa shape index (κ3) is 2.11. The lowest BCUT2D eigenvalue weighted by Crippen LogP contribution is -2.15. The molecule has 1 aliphatic heterocycles. The van der Waals surface area contributed by atoms with Crippen LogP contribution in [0.25, 0.3) is 0 Å². The number of hydrogen-bond donors (Lipinski definition) is 0. The SMILES string of the molecule is CCc1cccc2c1Sc1ccccc1N2c1ccccc1. The second kappa shape index (κ2) is 5.54. The molecule has 0 N–H and O–H groups in total. The zero-order chi connectivity index (χ0) is 14.9. The summed E-state index contributed by atoms with van der Waals surface area (Å²) in [4.78, 5) is 5.08. The molecule has 108 valence electrons. The summed E-state index contributed by atoms with van der Waals surface area (Å²) in [5.41, 5.74) is 5.18. The number of anilines is 3. The molecular weight excluding hydrogens is 286 g/mol. The summed E-state index contributed by atoms with van der Waals surface area (Å²) < 4.78 is 0. The van der Waals surface area contributed by atoms with Crippen molar-refractivity contribution in [2.24, 2.45) is 0 Å². The molecule has 0 spiro atoms. The van der Waals surface area contributed by atoms with Crippen molar-refractivity contribution in [1.82, 2.24) is 0 Å². The van der Waals surface area contributed by atoms with E-state index >= 15 is 0 Å². The summed E-state index contributed by atoms with van der Waals surface area (Å²) in [7, 11) is 0. The highest BCUT2D eigenvalue weighted by Crippen LogP contribution is 2.52. The van der Waals surface area contributed by atoms with Gasteiger partial charge in [-0.25, -0.2) is 0 Å². The highest BCUT2D eigenvalue weighted by Gasteiger charge is 2.25. The maximum Gasteiger partial charge on any atom is 0.0604 e. The van der Waals surface area contributed by atoms with Crippen molar-refractivity contribution in [3.8, 4) is 0 Å². The van der Waals surface area contributed by atoms with Gasteiger partial charge in [0, 0.05) is 15.5 Å². The summed E-state index contributed by atoms with van der Waals surface area (Å²) in [5.74, 6) is 0. The summed E-state index contributed by atoms with van der Waals surface area (Å²) >= 11 is 1.89. The topological polar surface area (TPSA) is 3.24 Å². The third-order valence-electron chi connectivity index (χ3n) is 4.03. The van der Waals surface area contributed by atoms with Crippen LogP contribution in [0, 0.1) is 0 Å². The van der Waals surface area contributed by atoms with Crippen LogP contribution in [0.5, 0.6) is 0 Å². The van der Waals surface area contributed by atoms with Gasteiger partial charge >= 0.3 is 0 Å². The van der Waals surface area contributed by atoms with E-state index in [4.69, 9.17) is 0 Å². The quantitative estimate of drug-likeness (QED) is 0.435. The van der Waals surface area contributed by atoms with Gasteiger partial charge in [-0.3, -0.25) is 0 Å². The maximum absolute atomic E-state index is 2.38. The molecule has 4 rings (SSSR count). The Bertz CT molecular complexity index is 811. The fourth-order valence-corrected chi connectivity index (χ4v) is 4.20. The molecular formula is C20H17NS. The lowest BCUT2D eigenvalue weighted by Gasteiger charge is -2.33. The first-order valence-electron chi connectivity index (χ1n) is 7.62. The summed E-state index contributed by atoms with van der Waals surface area (Å²) in [6.45, 7) is 2.23. The van der Waals surface area contributed by atoms with E-state index in [0.717, 1.165) is 6.42 Å². The fourth-order valence-electron chi connectivity index (χ4n) is 2.97. The molecule has 3 aromatic carbocycles. The lowest BCUT2D eigenvalue weighted by molar-refractivity contribution is 1.05. The van der Waals surface area contributed by atoms with Crippen LogP contribution in [0.15, 0.2) is 82.6 Å². The molecule has 0 aliphatic carbocycles. The van der Waals surface area contributed by atoms with E-state index in [0.29, 0.717) is 0 Å². The maximum atomic E-state index is 2.38. The van der Waals surface area contributed by atoms with Crippen LogP contribution in [0.4, 0.5) is 17.1 Å². The minimum atomic E-state index is 1.06. The van der Waals surface area contributed by atoms with Crippen molar-refractivity contribution in [3.63, 3.8) is 0 Å². The lowest BCUT2D eigenvalue weighted by atomic mass is 10.1. The molecule has 0 aromatic heterocycles. The van der Waals surface area contributed by atoms with Crippen molar-refractivity contribution < 1.29 is 0 Å². The van der Waals surface area contributed by atoms with Crippen molar-refractivity contribution in [3.05, 3.63) is 78.4 Å². The Labute approximate surface area is 135 Å². The minimum Gasteiger partial charge on any atom is -0.308 e. The Hall–Kier alpha value is -2.19. The van der Waals surface area contributed by atoms with Gasteiger partial charge in [-0.2, -0.15) is 0 Å². The van der Waals surface area contributed by atoms with Crippen molar-refractivity contribution in [2.75, 3.05) is 4.90 Å². The number of aryl methyl sites for hydroxylation is 1. The molecule has 0 amide bonds. The van der Waals surface area contributed by atoms with Gasteiger partial charge in [0.05, 0.1) is 11.4 Å². The molecule has 2 heteroatoms. The Balaban J connectivity index is 1.98. The Kier molecular flexibility index (Phi) is 3.39. The molecule has 0 atom stereocenters. The predicted molar refractivity (Wildman–Crippen MR) is 94.6 cm³/mol. The summed E-state index contributed by atoms with van der Waals surface area (Å²) in [6.07, 6.45) is 1.06. The van der Waals surface area contributed by atoms with Crippen LogP contribution < -0.4 is 4.90 Å². The van der Waals surface area contributed by atoms with Crippen molar-refractivity contribution in [2.45, 2.75) is 23.1 Å². The monoisotopic (exact) mass is 303 g/mol. The first-order chi connectivity index (χ1) is 10.9. The molecule has 0 fully saturated rings. The van der Waals surface area contributed by atoms with E-state index in [9.17, 15) is 0 Å². The van der Waals surface area contributed by atoms with E-state index in [1.54, 1.807) is 0 Å². The third-order valence-corrected chi connectivity index (χ3v) is 5.27. The van der Waals surface area contributed by atoms with E-state index in [2.05, 4.69) is 84.6 Å². The van der Waals surface area contributed by atoms with Crippen LogP contribution in [0.1, 0.15) is 12.5 Å². The van der Waals surface area contributed by atoms with Crippen LogP contribution in [-0.4, -0.2) is 0 Å². The van der Waals surface area contributed by atoms with Gasteiger partial charge in [0.25, 0.3) is 0 Å².